The van der Waals surface area contributed by atoms with Crippen molar-refractivity contribution < 1.29 is 13.2 Å². The van der Waals surface area contributed by atoms with Crippen molar-refractivity contribution in [3.05, 3.63) is 72.1 Å². The summed E-state index contributed by atoms with van der Waals surface area (Å²) in [6.45, 7) is 2.95. The zero-order valence-electron chi connectivity index (χ0n) is 16.6. The average molecular weight is 423 g/mol. The van der Waals surface area contributed by atoms with Gasteiger partial charge in [0.15, 0.2) is 5.82 Å². The van der Waals surface area contributed by atoms with E-state index in [0.717, 1.165) is 24.1 Å². The summed E-state index contributed by atoms with van der Waals surface area (Å²) in [5.74, 6) is 0.251. The maximum Gasteiger partial charge on any atom is 0.255 e. The fraction of sp³-hybridized carbons (Fsp3) is 0.227. The van der Waals surface area contributed by atoms with Crippen LogP contribution in [-0.2, 0) is 10.0 Å². The van der Waals surface area contributed by atoms with E-state index in [-0.39, 0.29) is 10.8 Å². The van der Waals surface area contributed by atoms with E-state index in [0.29, 0.717) is 30.2 Å². The molecule has 1 amide bonds. The molecule has 0 bridgehead atoms. The highest BCUT2D eigenvalue weighted by atomic mass is 32.2. The van der Waals surface area contributed by atoms with Gasteiger partial charge in [0, 0.05) is 41.8 Å². The number of amides is 1. The zero-order valence-corrected chi connectivity index (χ0v) is 17.4. The van der Waals surface area contributed by atoms with Crippen LogP contribution in [-0.4, -0.2) is 41.7 Å². The molecule has 2 aromatic carbocycles. The predicted molar refractivity (Wildman–Crippen MR) is 115 cm³/mol. The van der Waals surface area contributed by atoms with Gasteiger partial charge in [0.1, 0.15) is 0 Å². The highest BCUT2D eigenvalue weighted by Gasteiger charge is 2.27. The number of nitrogens with zero attached hydrogens (tertiary/aromatic N) is 3. The molecule has 8 heteroatoms. The molecule has 7 nitrogen and oxygen atoms in total. The molecule has 0 saturated carbocycles. The molecule has 2 heterocycles. The van der Waals surface area contributed by atoms with Crippen LogP contribution in [0.3, 0.4) is 0 Å². The molecule has 0 spiro atoms. The van der Waals surface area contributed by atoms with Crippen molar-refractivity contribution in [3.63, 3.8) is 0 Å². The number of hydrogen-bond acceptors (Lipinski definition) is 5. The number of rotatable bonds is 5. The minimum atomic E-state index is -3.57. The minimum Gasteiger partial charge on any atom is -0.322 e. The van der Waals surface area contributed by atoms with Crippen molar-refractivity contribution in [3.8, 4) is 11.4 Å². The molecule has 1 N–H and O–H groups in total. The number of aryl methyl sites for hydroxylation is 1. The van der Waals surface area contributed by atoms with E-state index in [9.17, 15) is 13.2 Å². The first kappa shape index (κ1) is 20.2. The van der Waals surface area contributed by atoms with Crippen molar-refractivity contribution in [2.45, 2.75) is 24.7 Å². The topological polar surface area (TPSA) is 92.3 Å². The van der Waals surface area contributed by atoms with Crippen molar-refractivity contribution >= 4 is 21.6 Å². The Hall–Kier alpha value is -3.10. The van der Waals surface area contributed by atoms with Gasteiger partial charge in [-0.05, 0) is 68.3 Å². The normalized spacial score (nSPS) is 14.6. The van der Waals surface area contributed by atoms with Gasteiger partial charge in [0.2, 0.25) is 10.0 Å². The molecular weight excluding hydrogens is 400 g/mol. The first-order valence-corrected chi connectivity index (χ1v) is 11.2. The number of aromatic nitrogens is 2. The van der Waals surface area contributed by atoms with Crippen LogP contribution in [0.4, 0.5) is 5.69 Å². The third-order valence-electron chi connectivity index (χ3n) is 4.99. The van der Waals surface area contributed by atoms with Gasteiger partial charge in [-0.2, -0.15) is 4.31 Å². The van der Waals surface area contributed by atoms with Crippen LogP contribution in [0, 0.1) is 6.92 Å². The van der Waals surface area contributed by atoms with E-state index < -0.39 is 10.0 Å². The monoisotopic (exact) mass is 422 g/mol. The van der Waals surface area contributed by atoms with Crippen molar-refractivity contribution in [2.75, 3.05) is 18.4 Å². The van der Waals surface area contributed by atoms with Gasteiger partial charge in [-0.3, -0.25) is 4.79 Å². The number of anilines is 1. The van der Waals surface area contributed by atoms with Crippen LogP contribution < -0.4 is 5.32 Å². The van der Waals surface area contributed by atoms with Crippen LogP contribution >= 0.6 is 0 Å². The minimum absolute atomic E-state index is 0.143. The first-order valence-electron chi connectivity index (χ1n) is 9.75. The van der Waals surface area contributed by atoms with Crippen LogP contribution in [0.5, 0.6) is 0 Å². The number of hydrogen-bond donors (Lipinski definition) is 1. The van der Waals surface area contributed by atoms with Gasteiger partial charge in [-0.15, -0.1) is 0 Å². The maximum atomic E-state index is 12.7. The van der Waals surface area contributed by atoms with Crippen LogP contribution in [0.25, 0.3) is 11.4 Å². The molecule has 4 rings (SSSR count). The fourth-order valence-corrected chi connectivity index (χ4v) is 4.93. The largest absolute Gasteiger partial charge is 0.322 e. The van der Waals surface area contributed by atoms with E-state index in [1.807, 2.05) is 25.1 Å². The molecule has 30 heavy (non-hydrogen) atoms. The predicted octanol–water partition coefficient (Wildman–Crippen LogP) is 3.49. The highest BCUT2D eigenvalue weighted by Crippen LogP contribution is 2.23. The second-order valence-electron chi connectivity index (χ2n) is 7.19. The lowest BCUT2D eigenvalue weighted by molar-refractivity contribution is 0.102. The molecule has 0 unspecified atom stereocenters. The van der Waals surface area contributed by atoms with Gasteiger partial charge < -0.3 is 5.32 Å². The Morgan fingerprint density at radius 2 is 1.77 bits per heavy atom. The van der Waals surface area contributed by atoms with Gasteiger partial charge >= 0.3 is 0 Å². The summed E-state index contributed by atoms with van der Waals surface area (Å²) >= 11 is 0. The van der Waals surface area contributed by atoms with Crippen molar-refractivity contribution in [2.24, 2.45) is 0 Å². The van der Waals surface area contributed by atoms with Crippen molar-refractivity contribution in [1.82, 2.24) is 14.3 Å². The Morgan fingerprint density at radius 1 is 1.03 bits per heavy atom. The summed E-state index contributed by atoms with van der Waals surface area (Å²) in [5, 5.41) is 2.81. The lowest BCUT2D eigenvalue weighted by Gasteiger charge is -2.16. The van der Waals surface area contributed by atoms with E-state index in [1.165, 1.54) is 16.4 Å². The molecular formula is C22H22N4O3S. The lowest BCUT2D eigenvalue weighted by Crippen LogP contribution is -2.28. The Bertz CT molecular complexity index is 1170. The summed E-state index contributed by atoms with van der Waals surface area (Å²) in [4.78, 5) is 21.5. The van der Waals surface area contributed by atoms with Crippen LogP contribution in [0.15, 0.2) is 65.7 Å². The lowest BCUT2D eigenvalue weighted by atomic mass is 10.1. The molecule has 1 aliphatic rings. The van der Waals surface area contributed by atoms with Crippen LogP contribution in [0.1, 0.15) is 28.9 Å². The maximum absolute atomic E-state index is 12.7. The van der Waals surface area contributed by atoms with E-state index >= 15 is 0 Å². The number of nitrogens with one attached hydrogen (secondary N) is 1. The molecule has 0 aliphatic carbocycles. The third kappa shape index (κ3) is 4.24. The van der Waals surface area contributed by atoms with Gasteiger partial charge in [0.25, 0.3) is 5.91 Å². The third-order valence-corrected chi connectivity index (χ3v) is 6.89. The SMILES string of the molecule is Cc1ccnc(-c2ccc(NC(=O)c3cccc(S(=O)(=O)N4CCCC4)c3)cc2)n1. The van der Waals surface area contributed by atoms with Gasteiger partial charge in [-0.25, -0.2) is 18.4 Å². The Balaban J connectivity index is 1.50. The number of carbonyl (C=O) groups excluding carboxylic acids is 1. The molecule has 1 aromatic heterocycles. The standard InChI is InChI=1S/C22H22N4O3S/c1-16-11-12-23-21(24-16)17-7-9-19(10-8-17)25-22(27)18-5-4-6-20(15-18)30(28,29)26-13-2-3-14-26/h4-12,15H,2-3,13-14H2,1H3,(H,25,27). The second kappa shape index (κ2) is 8.33. The number of carbonyl (C=O) groups is 1. The summed E-state index contributed by atoms with van der Waals surface area (Å²) < 4.78 is 27.0. The quantitative estimate of drug-likeness (QED) is 0.679. The summed E-state index contributed by atoms with van der Waals surface area (Å²) in [6, 6.07) is 15.2. The Morgan fingerprint density at radius 3 is 2.47 bits per heavy atom. The summed E-state index contributed by atoms with van der Waals surface area (Å²) in [5.41, 5.74) is 2.61. The second-order valence-corrected chi connectivity index (χ2v) is 9.13. The number of sulfonamides is 1. The molecule has 1 fully saturated rings. The number of benzene rings is 2. The molecule has 1 aliphatic heterocycles. The summed E-state index contributed by atoms with van der Waals surface area (Å²) in [6.07, 6.45) is 3.43. The van der Waals surface area contributed by atoms with Gasteiger partial charge in [0.05, 0.1) is 4.90 Å². The zero-order chi connectivity index (χ0) is 21.1. The Labute approximate surface area is 175 Å². The van der Waals surface area contributed by atoms with E-state index in [2.05, 4.69) is 15.3 Å². The molecule has 0 atom stereocenters. The molecule has 154 valence electrons. The highest BCUT2D eigenvalue weighted by molar-refractivity contribution is 7.89. The van der Waals surface area contributed by atoms with E-state index in [1.54, 1.807) is 30.5 Å². The molecule has 3 aromatic rings. The van der Waals surface area contributed by atoms with Crippen LogP contribution in [0.2, 0.25) is 0 Å². The fourth-order valence-electron chi connectivity index (χ4n) is 3.37. The van der Waals surface area contributed by atoms with E-state index in [4.69, 9.17) is 0 Å². The average Bonchev–Trinajstić information content (AvgIpc) is 3.30. The Kier molecular flexibility index (Phi) is 5.61. The van der Waals surface area contributed by atoms with Gasteiger partial charge in [-0.1, -0.05) is 6.07 Å². The van der Waals surface area contributed by atoms with Crippen molar-refractivity contribution in [1.29, 1.82) is 0 Å². The summed E-state index contributed by atoms with van der Waals surface area (Å²) in [7, 11) is -3.57. The molecule has 1 saturated heterocycles. The molecule has 0 radical (unpaired) electrons. The first-order chi connectivity index (χ1) is 14.4. The smallest absolute Gasteiger partial charge is 0.255 e.